The van der Waals surface area contributed by atoms with Crippen molar-refractivity contribution < 1.29 is 13.9 Å². The highest BCUT2D eigenvalue weighted by atomic mass is 19.1. The molecule has 0 fully saturated rings. The Morgan fingerprint density at radius 2 is 2.04 bits per heavy atom. The zero-order valence-corrected chi connectivity index (χ0v) is 14.9. The molecule has 0 aliphatic rings. The Balaban J connectivity index is 2.00. The number of aromatic nitrogens is 2. The number of carbonyl (C=O) groups excluding carboxylic acids is 1. The number of para-hydroxylation sites is 1. The van der Waals surface area contributed by atoms with Crippen LogP contribution in [0, 0.1) is 12.7 Å². The average Bonchev–Trinajstić information content (AvgIpc) is 3.07. The van der Waals surface area contributed by atoms with Gasteiger partial charge in [-0.15, -0.1) is 0 Å². The number of aryl methyl sites for hydroxylation is 2. The number of hydrogen-bond acceptors (Lipinski definition) is 3. The zero-order chi connectivity index (χ0) is 18.7. The summed E-state index contributed by atoms with van der Waals surface area (Å²) in [7, 11) is 3.42. The summed E-state index contributed by atoms with van der Waals surface area (Å²) >= 11 is 0. The molecule has 0 bridgehead atoms. The molecule has 1 N–H and O–H groups in total. The van der Waals surface area contributed by atoms with E-state index in [2.05, 4.69) is 10.3 Å². The summed E-state index contributed by atoms with van der Waals surface area (Å²) in [6.45, 7) is 1.66. The third-order valence-corrected chi connectivity index (χ3v) is 4.28. The monoisotopic (exact) mass is 353 g/mol. The van der Waals surface area contributed by atoms with E-state index in [-0.39, 0.29) is 11.5 Å². The number of halogens is 1. The predicted octanol–water partition coefficient (Wildman–Crippen LogP) is 3.40. The van der Waals surface area contributed by atoms with Crippen molar-refractivity contribution in [2.24, 2.45) is 7.05 Å². The van der Waals surface area contributed by atoms with Crippen LogP contribution in [0.2, 0.25) is 0 Å². The molecule has 1 atom stereocenters. The lowest BCUT2D eigenvalue weighted by atomic mass is 10.0. The maximum absolute atomic E-state index is 13.8. The predicted molar refractivity (Wildman–Crippen MR) is 96.6 cm³/mol. The van der Waals surface area contributed by atoms with E-state index < -0.39 is 11.9 Å². The minimum Gasteiger partial charge on any atom is -0.496 e. The van der Waals surface area contributed by atoms with E-state index >= 15 is 0 Å². The largest absolute Gasteiger partial charge is 0.496 e. The topological polar surface area (TPSA) is 56.1 Å². The van der Waals surface area contributed by atoms with Crippen LogP contribution >= 0.6 is 0 Å². The van der Waals surface area contributed by atoms with Gasteiger partial charge in [0.25, 0.3) is 5.91 Å². The lowest BCUT2D eigenvalue weighted by Gasteiger charge is -2.21. The van der Waals surface area contributed by atoms with Crippen LogP contribution in [0.1, 0.15) is 33.4 Å². The first-order chi connectivity index (χ1) is 12.5. The van der Waals surface area contributed by atoms with Gasteiger partial charge < -0.3 is 14.6 Å². The van der Waals surface area contributed by atoms with Crippen molar-refractivity contribution in [2.75, 3.05) is 7.11 Å². The summed E-state index contributed by atoms with van der Waals surface area (Å²) < 4.78 is 21.1. The first-order valence-electron chi connectivity index (χ1n) is 8.18. The molecule has 2 aromatic carbocycles. The molecule has 5 nitrogen and oxygen atoms in total. The molecule has 0 saturated heterocycles. The van der Waals surface area contributed by atoms with Gasteiger partial charge in [0.1, 0.15) is 23.4 Å². The number of methoxy groups -OCH3 is 1. The van der Waals surface area contributed by atoms with Crippen molar-refractivity contribution in [1.82, 2.24) is 14.9 Å². The van der Waals surface area contributed by atoms with Crippen molar-refractivity contribution in [3.63, 3.8) is 0 Å². The van der Waals surface area contributed by atoms with E-state index in [1.807, 2.05) is 35.9 Å². The van der Waals surface area contributed by atoms with E-state index in [0.29, 0.717) is 17.1 Å². The van der Waals surface area contributed by atoms with Gasteiger partial charge in [-0.25, -0.2) is 9.37 Å². The van der Waals surface area contributed by atoms with E-state index in [1.165, 1.54) is 6.07 Å². The molecule has 3 rings (SSSR count). The molecule has 0 unspecified atom stereocenters. The quantitative estimate of drug-likeness (QED) is 0.765. The second kappa shape index (κ2) is 7.39. The van der Waals surface area contributed by atoms with Crippen molar-refractivity contribution in [1.29, 1.82) is 0 Å². The number of benzene rings is 2. The second-order valence-electron chi connectivity index (χ2n) is 6.01. The van der Waals surface area contributed by atoms with Crippen LogP contribution in [0.5, 0.6) is 5.75 Å². The highest BCUT2D eigenvalue weighted by Gasteiger charge is 2.24. The van der Waals surface area contributed by atoms with Crippen LogP contribution in [0.25, 0.3) is 0 Å². The molecular weight excluding hydrogens is 333 g/mol. The first-order valence-corrected chi connectivity index (χ1v) is 8.18. The fourth-order valence-corrected chi connectivity index (χ4v) is 2.79. The van der Waals surface area contributed by atoms with Gasteiger partial charge in [-0.3, -0.25) is 4.79 Å². The van der Waals surface area contributed by atoms with Gasteiger partial charge in [0, 0.05) is 30.6 Å². The number of carbonyl (C=O) groups is 1. The van der Waals surface area contributed by atoms with Crippen LogP contribution in [0.15, 0.2) is 54.9 Å². The zero-order valence-electron chi connectivity index (χ0n) is 14.9. The van der Waals surface area contributed by atoms with Crippen molar-refractivity contribution in [3.8, 4) is 5.75 Å². The lowest BCUT2D eigenvalue weighted by Crippen LogP contribution is -2.31. The smallest absolute Gasteiger partial charge is 0.252 e. The van der Waals surface area contributed by atoms with Crippen molar-refractivity contribution in [3.05, 3.63) is 83.2 Å². The molecule has 0 radical (unpaired) electrons. The summed E-state index contributed by atoms with van der Waals surface area (Å²) in [5.74, 6) is 0.484. The second-order valence-corrected chi connectivity index (χ2v) is 6.01. The molecule has 0 aliphatic carbocycles. The SMILES string of the molecule is COc1ccccc1[C@H](NC(=O)c1ccc(C)c(F)c1)c1nccn1C. The number of imidazole rings is 1. The van der Waals surface area contributed by atoms with Gasteiger partial charge >= 0.3 is 0 Å². The molecule has 6 heteroatoms. The third kappa shape index (κ3) is 3.44. The maximum Gasteiger partial charge on any atom is 0.252 e. The Hall–Kier alpha value is -3.15. The Labute approximate surface area is 151 Å². The standard InChI is InChI=1S/C20H20FN3O2/c1-13-8-9-14(12-16(13)21)20(25)23-18(19-22-10-11-24(19)2)15-6-4-5-7-17(15)26-3/h4-12,18H,1-3H3,(H,23,25)/t18-/m0/s1. The Morgan fingerprint density at radius 1 is 1.27 bits per heavy atom. The van der Waals surface area contributed by atoms with Gasteiger partial charge in [0.05, 0.1) is 7.11 Å². The van der Waals surface area contributed by atoms with Gasteiger partial charge in [-0.2, -0.15) is 0 Å². The van der Waals surface area contributed by atoms with Crippen LogP contribution in [-0.4, -0.2) is 22.6 Å². The molecule has 134 valence electrons. The summed E-state index contributed by atoms with van der Waals surface area (Å²) in [6, 6.07) is 11.3. The number of rotatable bonds is 5. The molecule has 1 heterocycles. The molecular formula is C20H20FN3O2. The fraction of sp³-hybridized carbons (Fsp3) is 0.200. The molecule has 0 spiro atoms. The molecule has 1 aromatic heterocycles. The number of ether oxygens (including phenoxy) is 1. The van der Waals surface area contributed by atoms with Gasteiger partial charge in [-0.1, -0.05) is 24.3 Å². The molecule has 0 aliphatic heterocycles. The summed E-state index contributed by atoms with van der Waals surface area (Å²) in [4.78, 5) is 17.1. The van der Waals surface area contributed by atoms with Crippen LogP contribution in [-0.2, 0) is 7.05 Å². The van der Waals surface area contributed by atoms with Crippen LogP contribution in [0.4, 0.5) is 4.39 Å². The summed E-state index contributed by atoms with van der Waals surface area (Å²) in [5.41, 5.74) is 1.51. The highest BCUT2D eigenvalue weighted by molar-refractivity contribution is 5.94. The fourth-order valence-electron chi connectivity index (χ4n) is 2.79. The van der Waals surface area contributed by atoms with Crippen molar-refractivity contribution in [2.45, 2.75) is 13.0 Å². The Bertz CT molecular complexity index is 936. The Kier molecular flexibility index (Phi) is 5.02. The number of nitrogens with zero attached hydrogens (tertiary/aromatic N) is 2. The van der Waals surface area contributed by atoms with Crippen LogP contribution < -0.4 is 10.1 Å². The molecule has 1 amide bonds. The Morgan fingerprint density at radius 3 is 2.69 bits per heavy atom. The van der Waals surface area contributed by atoms with E-state index in [4.69, 9.17) is 4.74 Å². The van der Waals surface area contributed by atoms with E-state index in [9.17, 15) is 9.18 Å². The van der Waals surface area contributed by atoms with Crippen molar-refractivity contribution >= 4 is 5.91 Å². The average molecular weight is 353 g/mol. The summed E-state index contributed by atoms with van der Waals surface area (Å²) in [6.07, 6.45) is 3.46. The van der Waals surface area contributed by atoms with Crippen LogP contribution in [0.3, 0.4) is 0 Å². The van der Waals surface area contributed by atoms with Gasteiger partial charge in [-0.05, 0) is 30.7 Å². The van der Waals surface area contributed by atoms with E-state index in [1.54, 1.807) is 38.6 Å². The normalized spacial score (nSPS) is 11.8. The van der Waals surface area contributed by atoms with E-state index in [0.717, 1.165) is 5.56 Å². The minimum atomic E-state index is -0.539. The van der Waals surface area contributed by atoms with Gasteiger partial charge in [0.2, 0.25) is 0 Å². The molecule has 0 saturated carbocycles. The number of amides is 1. The molecule has 3 aromatic rings. The number of hydrogen-bond donors (Lipinski definition) is 1. The van der Waals surface area contributed by atoms with Gasteiger partial charge in [0.15, 0.2) is 0 Å². The number of nitrogens with one attached hydrogen (secondary N) is 1. The highest BCUT2D eigenvalue weighted by Crippen LogP contribution is 2.29. The molecule has 26 heavy (non-hydrogen) atoms. The maximum atomic E-state index is 13.8. The first kappa shape index (κ1) is 17.7. The minimum absolute atomic E-state index is 0.252. The lowest BCUT2D eigenvalue weighted by molar-refractivity contribution is 0.0940. The third-order valence-electron chi connectivity index (χ3n) is 4.28. The summed E-state index contributed by atoms with van der Waals surface area (Å²) in [5, 5.41) is 2.95.